The molecule has 0 spiro atoms. The molecular weight excluding hydrogens is 136 g/mol. The van der Waals surface area contributed by atoms with Gasteiger partial charge in [0.2, 0.25) is 0 Å². The first kappa shape index (κ1) is 6.84. The van der Waals surface area contributed by atoms with E-state index in [4.69, 9.17) is 0 Å². The fraction of sp³-hybridized carbons (Fsp3) is 0.500. The second-order valence-corrected chi connectivity index (χ2v) is 3.52. The van der Waals surface area contributed by atoms with Crippen molar-refractivity contribution in [3.8, 4) is 0 Å². The van der Waals surface area contributed by atoms with Gasteiger partial charge in [0.15, 0.2) is 5.78 Å². The maximum Gasteiger partial charge on any atom is 0.159 e. The molecule has 58 valence electrons. The van der Waals surface area contributed by atoms with Gasteiger partial charge in [0.1, 0.15) is 0 Å². The van der Waals surface area contributed by atoms with Crippen molar-refractivity contribution in [2.75, 3.05) is 0 Å². The number of carbonyl (C=O) groups is 1. The summed E-state index contributed by atoms with van der Waals surface area (Å²) in [5.41, 5.74) is 3.56. The molecule has 2 aliphatic carbocycles. The van der Waals surface area contributed by atoms with Crippen molar-refractivity contribution in [2.45, 2.75) is 26.2 Å². The number of Topliss-reactive ketones (excluding diaryl/α,β-unsaturated/α-hetero) is 1. The SMILES string of the molecule is C=C1CCC(=O)C2=C1C(C)C2. The Kier molecular flexibility index (Phi) is 1.28. The molecule has 0 heterocycles. The molecule has 0 saturated carbocycles. The van der Waals surface area contributed by atoms with Crippen molar-refractivity contribution in [2.24, 2.45) is 5.92 Å². The Balaban J connectivity index is 2.42. The molecule has 0 aromatic carbocycles. The number of carbonyl (C=O) groups excluding carboxylic acids is 1. The van der Waals surface area contributed by atoms with Crippen LogP contribution in [0.1, 0.15) is 26.2 Å². The van der Waals surface area contributed by atoms with E-state index in [2.05, 4.69) is 13.5 Å². The molecule has 1 nitrogen and oxygen atoms in total. The largest absolute Gasteiger partial charge is 0.295 e. The molecule has 2 aliphatic rings. The summed E-state index contributed by atoms with van der Waals surface area (Å²) in [6.45, 7) is 6.14. The average Bonchev–Trinajstić information content (AvgIpc) is 1.93. The Morgan fingerprint density at radius 1 is 1.45 bits per heavy atom. The van der Waals surface area contributed by atoms with E-state index in [1.165, 1.54) is 11.1 Å². The molecule has 0 aromatic rings. The van der Waals surface area contributed by atoms with Gasteiger partial charge in [-0.2, -0.15) is 0 Å². The van der Waals surface area contributed by atoms with Crippen LogP contribution in [0.4, 0.5) is 0 Å². The zero-order valence-electron chi connectivity index (χ0n) is 6.81. The fourth-order valence-electron chi connectivity index (χ4n) is 2.06. The minimum Gasteiger partial charge on any atom is -0.295 e. The molecule has 0 aliphatic heterocycles. The van der Waals surface area contributed by atoms with Gasteiger partial charge in [0, 0.05) is 6.42 Å². The predicted octanol–water partition coefficient (Wildman–Crippen LogP) is 2.24. The molecule has 1 heteroatoms. The number of rotatable bonds is 0. The second-order valence-electron chi connectivity index (χ2n) is 3.52. The number of hydrogen-bond donors (Lipinski definition) is 0. The van der Waals surface area contributed by atoms with E-state index in [9.17, 15) is 4.79 Å². The van der Waals surface area contributed by atoms with E-state index in [-0.39, 0.29) is 0 Å². The highest BCUT2D eigenvalue weighted by atomic mass is 16.1. The van der Waals surface area contributed by atoms with E-state index < -0.39 is 0 Å². The van der Waals surface area contributed by atoms with Gasteiger partial charge in [-0.25, -0.2) is 0 Å². The van der Waals surface area contributed by atoms with Gasteiger partial charge in [0.05, 0.1) is 0 Å². The summed E-state index contributed by atoms with van der Waals surface area (Å²) in [7, 11) is 0. The Bertz CT molecular complexity index is 271. The molecule has 1 atom stereocenters. The minimum absolute atomic E-state index is 0.366. The monoisotopic (exact) mass is 148 g/mol. The van der Waals surface area contributed by atoms with E-state index in [1.807, 2.05) is 0 Å². The van der Waals surface area contributed by atoms with Crippen LogP contribution in [0.25, 0.3) is 0 Å². The Hall–Kier alpha value is -0.850. The highest BCUT2D eigenvalue weighted by molar-refractivity contribution is 6.00. The first-order valence-electron chi connectivity index (χ1n) is 4.14. The summed E-state index contributed by atoms with van der Waals surface area (Å²) < 4.78 is 0. The summed E-state index contributed by atoms with van der Waals surface area (Å²) in [6.07, 6.45) is 2.58. The van der Waals surface area contributed by atoms with Crippen LogP contribution in [0.3, 0.4) is 0 Å². The summed E-state index contributed by atoms with van der Waals surface area (Å²) in [4.78, 5) is 11.2. The van der Waals surface area contributed by atoms with Crippen LogP contribution in [0.15, 0.2) is 23.3 Å². The summed E-state index contributed by atoms with van der Waals surface area (Å²) in [5.74, 6) is 0.965. The topological polar surface area (TPSA) is 17.1 Å². The lowest BCUT2D eigenvalue weighted by atomic mass is 9.69. The van der Waals surface area contributed by atoms with Gasteiger partial charge in [-0.1, -0.05) is 19.1 Å². The lowest BCUT2D eigenvalue weighted by Gasteiger charge is -2.35. The van der Waals surface area contributed by atoms with Crippen LogP contribution in [0.2, 0.25) is 0 Å². The molecule has 2 rings (SSSR count). The van der Waals surface area contributed by atoms with Crippen molar-refractivity contribution >= 4 is 5.78 Å². The molecular formula is C10H12O. The quantitative estimate of drug-likeness (QED) is 0.515. The van der Waals surface area contributed by atoms with Crippen molar-refractivity contribution < 1.29 is 4.79 Å². The highest BCUT2D eigenvalue weighted by Crippen LogP contribution is 2.43. The van der Waals surface area contributed by atoms with Crippen molar-refractivity contribution in [3.63, 3.8) is 0 Å². The molecule has 0 saturated heterocycles. The van der Waals surface area contributed by atoms with E-state index in [0.717, 1.165) is 18.4 Å². The third-order valence-corrected chi connectivity index (χ3v) is 2.70. The number of ketones is 1. The van der Waals surface area contributed by atoms with Gasteiger partial charge in [-0.15, -0.1) is 0 Å². The fourth-order valence-corrected chi connectivity index (χ4v) is 2.06. The predicted molar refractivity (Wildman–Crippen MR) is 44.2 cm³/mol. The second kappa shape index (κ2) is 2.07. The first-order chi connectivity index (χ1) is 5.20. The van der Waals surface area contributed by atoms with Gasteiger partial charge in [-0.3, -0.25) is 4.79 Å². The molecule has 0 aromatic heterocycles. The maximum absolute atomic E-state index is 11.2. The Morgan fingerprint density at radius 2 is 2.18 bits per heavy atom. The lowest BCUT2D eigenvalue weighted by Crippen LogP contribution is -2.26. The Morgan fingerprint density at radius 3 is 2.73 bits per heavy atom. The van der Waals surface area contributed by atoms with Crippen LogP contribution < -0.4 is 0 Å². The van der Waals surface area contributed by atoms with Crippen molar-refractivity contribution in [1.82, 2.24) is 0 Å². The highest BCUT2D eigenvalue weighted by Gasteiger charge is 2.34. The van der Waals surface area contributed by atoms with E-state index in [1.54, 1.807) is 0 Å². The summed E-state index contributed by atoms with van der Waals surface area (Å²) in [5, 5.41) is 0. The molecule has 0 bridgehead atoms. The molecule has 1 unspecified atom stereocenters. The van der Waals surface area contributed by atoms with Gasteiger partial charge in [0.25, 0.3) is 0 Å². The molecule has 0 radical (unpaired) electrons. The Labute approximate surface area is 66.8 Å². The maximum atomic E-state index is 11.2. The smallest absolute Gasteiger partial charge is 0.159 e. The molecule has 11 heavy (non-hydrogen) atoms. The zero-order chi connectivity index (χ0) is 8.01. The number of allylic oxidation sites excluding steroid dienone is 3. The van der Waals surface area contributed by atoms with Gasteiger partial charge >= 0.3 is 0 Å². The summed E-state index contributed by atoms with van der Waals surface area (Å²) >= 11 is 0. The number of hydrogen-bond acceptors (Lipinski definition) is 1. The average molecular weight is 148 g/mol. The van der Waals surface area contributed by atoms with Crippen molar-refractivity contribution in [1.29, 1.82) is 0 Å². The van der Waals surface area contributed by atoms with Crippen molar-refractivity contribution in [3.05, 3.63) is 23.3 Å². The standard InChI is InChI=1S/C10H12O/c1-6-3-4-9(11)8-5-7(2)10(6)8/h7H,1,3-5H2,2H3. The minimum atomic E-state index is 0.366. The van der Waals surface area contributed by atoms with Crippen LogP contribution in [-0.2, 0) is 4.79 Å². The van der Waals surface area contributed by atoms with Gasteiger partial charge in [-0.05, 0) is 29.9 Å². The van der Waals surface area contributed by atoms with Gasteiger partial charge < -0.3 is 0 Å². The molecule has 0 fully saturated rings. The molecule has 0 amide bonds. The molecule has 0 N–H and O–H groups in total. The van der Waals surface area contributed by atoms with Crippen LogP contribution >= 0.6 is 0 Å². The third-order valence-electron chi connectivity index (χ3n) is 2.70. The van der Waals surface area contributed by atoms with E-state index in [0.29, 0.717) is 18.1 Å². The zero-order valence-corrected chi connectivity index (χ0v) is 6.81. The summed E-state index contributed by atoms with van der Waals surface area (Å²) in [6, 6.07) is 0. The normalized spacial score (nSPS) is 30.1. The van der Waals surface area contributed by atoms with Crippen LogP contribution in [-0.4, -0.2) is 5.78 Å². The van der Waals surface area contributed by atoms with Crippen LogP contribution in [0, 0.1) is 5.92 Å². The van der Waals surface area contributed by atoms with Crippen LogP contribution in [0.5, 0.6) is 0 Å². The third kappa shape index (κ3) is 0.802. The first-order valence-corrected chi connectivity index (χ1v) is 4.14. The van der Waals surface area contributed by atoms with E-state index >= 15 is 0 Å². The lowest BCUT2D eigenvalue weighted by molar-refractivity contribution is -0.116.